The molecule has 1 aromatic carbocycles. The maximum atomic E-state index is 14.9. The van der Waals surface area contributed by atoms with E-state index in [0.29, 0.717) is 35.4 Å². The first-order valence-electron chi connectivity index (χ1n) is 8.48. The smallest absolute Gasteiger partial charge is 0.341 e. The van der Waals surface area contributed by atoms with Crippen molar-refractivity contribution in [1.82, 2.24) is 4.57 Å². The van der Waals surface area contributed by atoms with Crippen molar-refractivity contribution >= 4 is 22.6 Å². The molecule has 3 atom stereocenters. The highest BCUT2D eigenvalue weighted by atomic mass is 19.1. The average molecular weight is 344 g/mol. The summed E-state index contributed by atoms with van der Waals surface area (Å²) in [4.78, 5) is 25.9. The fourth-order valence-corrected chi connectivity index (χ4v) is 4.24. The van der Waals surface area contributed by atoms with Crippen molar-refractivity contribution in [3.63, 3.8) is 0 Å². The lowest BCUT2D eigenvalue weighted by atomic mass is 10.1. The molecule has 0 spiro atoms. The minimum atomic E-state index is -1.31. The predicted molar refractivity (Wildman–Crippen MR) is 89.1 cm³/mol. The Kier molecular flexibility index (Phi) is 2.80. The molecule has 1 aliphatic carbocycles. The quantitative estimate of drug-likeness (QED) is 0.905. The van der Waals surface area contributed by atoms with Crippen molar-refractivity contribution in [2.45, 2.75) is 19.4 Å². The van der Waals surface area contributed by atoms with Gasteiger partial charge in [0.05, 0.1) is 16.9 Å². The molecular weight excluding hydrogens is 327 g/mol. The first kappa shape index (κ1) is 14.7. The Hall–Kier alpha value is -2.57. The van der Waals surface area contributed by atoms with Crippen molar-refractivity contribution in [2.75, 3.05) is 24.6 Å². The fourth-order valence-electron chi connectivity index (χ4n) is 4.24. The van der Waals surface area contributed by atoms with E-state index in [9.17, 15) is 19.1 Å². The number of nitrogens with zero attached hydrogens (tertiary/aromatic N) is 2. The van der Waals surface area contributed by atoms with Crippen molar-refractivity contribution in [3.8, 4) is 5.75 Å². The summed E-state index contributed by atoms with van der Waals surface area (Å²) in [5, 5.41) is 9.36. The van der Waals surface area contributed by atoms with Crippen LogP contribution in [0.25, 0.3) is 10.9 Å². The molecule has 2 fully saturated rings. The third-order valence-corrected chi connectivity index (χ3v) is 5.67. The molecule has 5 rings (SSSR count). The van der Waals surface area contributed by atoms with Crippen LogP contribution < -0.4 is 15.1 Å². The number of carboxylic acids is 1. The van der Waals surface area contributed by atoms with Gasteiger partial charge in [-0.05, 0) is 31.2 Å². The van der Waals surface area contributed by atoms with E-state index in [-0.39, 0.29) is 17.0 Å². The highest BCUT2D eigenvalue weighted by Gasteiger charge is 2.46. The number of pyridine rings is 1. The summed E-state index contributed by atoms with van der Waals surface area (Å²) in [5.74, 6) is -0.212. The molecule has 3 unspecified atom stereocenters. The summed E-state index contributed by atoms with van der Waals surface area (Å²) < 4.78 is 22.5. The van der Waals surface area contributed by atoms with E-state index in [2.05, 4.69) is 0 Å². The average Bonchev–Trinajstić information content (AvgIpc) is 3.18. The lowest BCUT2D eigenvalue weighted by molar-refractivity contribution is 0.0694. The van der Waals surface area contributed by atoms with E-state index in [1.54, 1.807) is 4.57 Å². The number of aromatic carboxylic acids is 1. The highest BCUT2D eigenvalue weighted by molar-refractivity contribution is 5.97. The topological polar surface area (TPSA) is 71.8 Å². The molecule has 2 aliphatic heterocycles. The van der Waals surface area contributed by atoms with Gasteiger partial charge in [0, 0.05) is 19.3 Å². The number of piperidine rings is 1. The zero-order valence-corrected chi connectivity index (χ0v) is 13.7. The summed E-state index contributed by atoms with van der Waals surface area (Å²) in [7, 11) is 0. The molecule has 1 N–H and O–H groups in total. The van der Waals surface area contributed by atoms with Crippen LogP contribution in [0.5, 0.6) is 5.75 Å². The molecule has 3 heterocycles. The number of rotatable bonds is 2. The van der Waals surface area contributed by atoms with Crippen LogP contribution in [0.2, 0.25) is 0 Å². The second kappa shape index (κ2) is 4.74. The van der Waals surface area contributed by atoms with Gasteiger partial charge in [-0.3, -0.25) is 4.79 Å². The molecule has 0 bridgehead atoms. The molecule has 3 aliphatic rings. The third kappa shape index (κ3) is 1.95. The van der Waals surface area contributed by atoms with Crippen molar-refractivity contribution in [3.05, 3.63) is 33.9 Å². The van der Waals surface area contributed by atoms with Gasteiger partial charge in [-0.1, -0.05) is 0 Å². The normalized spacial score (nSPS) is 26.5. The summed E-state index contributed by atoms with van der Waals surface area (Å²) >= 11 is 0. The van der Waals surface area contributed by atoms with E-state index < -0.39 is 17.2 Å². The van der Waals surface area contributed by atoms with Gasteiger partial charge in [0.2, 0.25) is 5.43 Å². The molecular formula is C18H17FN2O4. The maximum Gasteiger partial charge on any atom is 0.341 e. The van der Waals surface area contributed by atoms with E-state index in [0.717, 1.165) is 13.1 Å². The van der Waals surface area contributed by atoms with Crippen molar-refractivity contribution < 1.29 is 19.0 Å². The summed E-state index contributed by atoms with van der Waals surface area (Å²) in [5.41, 5.74) is -0.122. The van der Waals surface area contributed by atoms with Crippen LogP contribution in [0, 0.1) is 17.7 Å². The number of aromatic nitrogens is 1. The van der Waals surface area contributed by atoms with Gasteiger partial charge >= 0.3 is 5.97 Å². The number of hydrogen-bond donors (Lipinski definition) is 1. The summed E-state index contributed by atoms with van der Waals surface area (Å²) in [6.07, 6.45) is 2.55. The van der Waals surface area contributed by atoms with E-state index in [4.69, 9.17) is 4.74 Å². The Balaban J connectivity index is 1.82. The number of ether oxygens (including phenoxy) is 1. The van der Waals surface area contributed by atoms with Crippen LogP contribution in [0.3, 0.4) is 0 Å². The first-order chi connectivity index (χ1) is 12.0. The summed E-state index contributed by atoms with van der Waals surface area (Å²) in [6, 6.07) is 1.03. The van der Waals surface area contributed by atoms with Gasteiger partial charge in [0.25, 0.3) is 0 Å². The molecule has 0 amide bonds. The zero-order chi connectivity index (χ0) is 17.5. The van der Waals surface area contributed by atoms with Gasteiger partial charge in [0.1, 0.15) is 17.9 Å². The van der Waals surface area contributed by atoms with Crippen molar-refractivity contribution in [2.24, 2.45) is 11.8 Å². The highest BCUT2D eigenvalue weighted by Crippen LogP contribution is 2.50. The van der Waals surface area contributed by atoms with Crippen LogP contribution >= 0.6 is 0 Å². The van der Waals surface area contributed by atoms with Gasteiger partial charge < -0.3 is 19.3 Å². The van der Waals surface area contributed by atoms with Gasteiger partial charge in [-0.2, -0.15) is 0 Å². The number of fused-ring (bicyclic) bond motifs is 1. The molecule has 7 heteroatoms. The largest absolute Gasteiger partial charge is 0.487 e. The molecule has 130 valence electrons. The Morgan fingerprint density at radius 3 is 2.76 bits per heavy atom. The van der Waals surface area contributed by atoms with Crippen molar-refractivity contribution in [1.29, 1.82) is 0 Å². The number of benzene rings is 1. The Morgan fingerprint density at radius 1 is 1.36 bits per heavy atom. The molecule has 25 heavy (non-hydrogen) atoms. The standard InChI is InChI=1S/C18H17FN2O4/c1-8-7-25-17-14-11(16(22)12(18(23)24)6-21(8)14)3-13(19)15(17)20-4-9-2-10(9)5-20/h3,6,8-10H,2,4-5,7H2,1H3,(H,23,24). The number of carboxylic acid groups (broad SMARTS) is 1. The number of hydrogen-bond acceptors (Lipinski definition) is 4. The lowest BCUT2D eigenvalue weighted by Gasteiger charge is -2.31. The van der Waals surface area contributed by atoms with E-state index >= 15 is 0 Å². The second-order valence-electron chi connectivity index (χ2n) is 7.34. The number of carbonyl (C=O) groups is 1. The molecule has 6 nitrogen and oxygen atoms in total. The van der Waals surface area contributed by atoms with Gasteiger partial charge in [0.15, 0.2) is 11.6 Å². The number of halogens is 1. The number of anilines is 1. The Bertz CT molecular complexity index is 989. The zero-order valence-electron chi connectivity index (χ0n) is 13.7. The van der Waals surface area contributed by atoms with Crippen LogP contribution in [0.4, 0.5) is 10.1 Å². The SMILES string of the molecule is CC1COc2c(N3CC4CC4C3)c(F)cc3c(=O)c(C(=O)O)cn1c23. The molecule has 2 aromatic rings. The molecule has 1 saturated carbocycles. The molecule has 1 saturated heterocycles. The van der Waals surface area contributed by atoms with Crippen LogP contribution in [0.1, 0.15) is 29.7 Å². The molecule has 1 aromatic heterocycles. The summed E-state index contributed by atoms with van der Waals surface area (Å²) in [6.45, 7) is 3.79. The van der Waals surface area contributed by atoms with E-state index in [1.807, 2.05) is 11.8 Å². The Morgan fingerprint density at radius 2 is 2.08 bits per heavy atom. The Labute approximate surface area is 142 Å². The van der Waals surface area contributed by atoms with E-state index in [1.165, 1.54) is 18.7 Å². The van der Waals surface area contributed by atoms with Crippen LogP contribution in [-0.2, 0) is 0 Å². The predicted octanol–water partition coefficient (Wildman–Crippen LogP) is 2.25. The third-order valence-electron chi connectivity index (χ3n) is 5.67. The van der Waals surface area contributed by atoms with Crippen LogP contribution in [0.15, 0.2) is 17.1 Å². The minimum absolute atomic E-state index is 0.0621. The van der Waals surface area contributed by atoms with Gasteiger partial charge in [-0.25, -0.2) is 9.18 Å². The maximum absolute atomic E-state index is 14.9. The van der Waals surface area contributed by atoms with Gasteiger partial charge in [-0.15, -0.1) is 0 Å². The second-order valence-corrected chi connectivity index (χ2v) is 7.34. The molecule has 0 radical (unpaired) electrons. The minimum Gasteiger partial charge on any atom is -0.487 e. The first-order valence-corrected chi connectivity index (χ1v) is 8.48. The fraction of sp³-hybridized carbons (Fsp3) is 0.444. The monoisotopic (exact) mass is 344 g/mol. The lowest BCUT2D eigenvalue weighted by Crippen LogP contribution is -2.30. The van der Waals surface area contributed by atoms with Crippen LogP contribution in [-0.4, -0.2) is 35.3 Å².